The number of hydrogen-bond acceptors (Lipinski definition) is 4. The molecule has 0 aliphatic rings. The third-order valence-electron chi connectivity index (χ3n) is 1.86. The van der Waals surface area contributed by atoms with Crippen LogP contribution in [0.5, 0.6) is 0 Å². The third kappa shape index (κ3) is 3.61. The highest BCUT2D eigenvalue weighted by atomic mass is 16.5. The second-order valence-corrected chi connectivity index (χ2v) is 3.10. The van der Waals surface area contributed by atoms with Crippen LogP contribution >= 0.6 is 0 Å². The SMILES string of the molecule is COC(=O)C(C)NC(=O)/C=C/c1ccco1. The molecule has 0 radical (unpaired) electrons. The Morgan fingerprint density at radius 2 is 2.31 bits per heavy atom. The molecule has 5 heteroatoms. The number of carbonyl (C=O) groups is 2. The average Bonchev–Trinajstić information content (AvgIpc) is 2.78. The van der Waals surface area contributed by atoms with E-state index in [4.69, 9.17) is 4.42 Å². The van der Waals surface area contributed by atoms with E-state index in [0.29, 0.717) is 5.76 Å². The summed E-state index contributed by atoms with van der Waals surface area (Å²) in [5.41, 5.74) is 0. The molecule has 16 heavy (non-hydrogen) atoms. The Balaban J connectivity index is 2.45. The topological polar surface area (TPSA) is 68.5 Å². The molecule has 0 bridgehead atoms. The standard InChI is InChI=1S/C11H13NO4/c1-8(11(14)15-2)12-10(13)6-5-9-4-3-7-16-9/h3-8H,1-2H3,(H,12,13)/b6-5+. The van der Waals surface area contributed by atoms with Crippen LogP contribution < -0.4 is 5.32 Å². The molecular weight excluding hydrogens is 210 g/mol. The number of nitrogens with one attached hydrogen (secondary N) is 1. The molecule has 0 spiro atoms. The number of methoxy groups -OCH3 is 1. The Bertz CT molecular complexity index is 381. The second kappa shape index (κ2) is 5.75. The molecule has 1 unspecified atom stereocenters. The van der Waals surface area contributed by atoms with Gasteiger partial charge < -0.3 is 14.5 Å². The molecule has 0 aromatic carbocycles. The van der Waals surface area contributed by atoms with Crippen molar-refractivity contribution in [1.82, 2.24) is 5.32 Å². The summed E-state index contributed by atoms with van der Waals surface area (Å²) in [6, 6.07) is 2.76. The van der Waals surface area contributed by atoms with Crippen molar-refractivity contribution in [3.63, 3.8) is 0 Å². The van der Waals surface area contributed by atoms with Crippen molar-refractivity contribution in [1.29, 1.82) is 0 Å². The molecule has 1 heterocycles. The van der Waals surface area contributed by atoms with Crippen LogP contribution in [-0.4, -0.2) is 25.0 Å². The van der Waals surface area contributed by atoms with Gasteiger partial charge in [0.2, 0.25) is 5.91 Å². The second-order valence-electron chi connectivity index (χ2n) is 3.10. The van der Waals surface area contributed by atoms with Crippen LogP contribution in [0.15, 0.2) is 28.9 Å². The van der Waals surface area contributed by atoms with Crippen molar-refractivity contribution < 1.29 is 18.7 Å². The zero-order valence-electron chi connectivity index (χ0n) is 9.10. The normalized spacial score (nSPS) is 12.4. The van der Waals surface area contributed by atoms with Crippen molar-refractivity contribution in [2.24, 2.45) is 0 Å². The summed E-state index contributed by atoms with van der Waals surface area (Å²) in [5.74, 6) is -0.296. The van der Waals surface area contributed by atoms with Crippen LogP contribution in [-0.2, 0) is 14.3 Å². The van der Waals surface area contributed by atoms with Crippen molar-refractivity contribution in [2.45, 2.75) is 13.0 Å². The van der Waals surface area contributed by atoms with Gasteiger partial charge in [0, 0.05) is 6.08 Å². The van der Waals surface area contributed by atoms with E-state index < -0.39 is 12.0 Å². The molecule has 5 nitrogen and oxygen atoms in total. The number of hydrogen-bond donors (Lipinski definition) is 1. The molecule has 1 atom stereocenters. The van der Waals surface area contributed by atoms with Gasteiger partial charge in [-0.25, -0.2) is 4.79 Å². The molecule has 1 N–H and O–H groups in total. The van der Waals surface area contributed by atoms with E-state index in [0.717, 1.165) is 0 Å². The first kappa shape index (κ1) is 12.0. The smallest absolute Gasteiger partial charge is 0.328 e. The van der Waals surface area contributed by atoms with Gasteiger partial charge in [0.05, 0.1) is 13.4 Å². The van der Waals surface area contributed by atoms with Gasteiger partial charge in [-0.05, 0) is 25.1 Å². The van der Waals surface area contributed by atoms with Gasteiger partial charge in [-0.15, -0.1) is 0 Å². The van der Waals surface area contributed by atoms with Gasteiger partial charge in [-0.2, -0.15) is 0 Å². The van der Waals surface area contributed by atoms with Gasteiger partial charge >= 0.3 is 5.97 Å². The highest BCUT2D eigenvalue weighted by Gasteiger charge is 2.13. The lowest BCUT2D eigenvalue weighted by atomic mass is 10.3. The molecule has 1 aromatic heterocycles. The molecule has 0 saturated carbocycles. The Morgan fingerprint density at radius 1 is 1.56 bits per heavy atom. The number of amides is 1. The number of furan rings is 1. The van der Waals surface area contributed by atoms with Gasteiger partial charge in [-0.3, -0.25) is 4.79 Å². The monoisotopic (exact) mass is 223 g/mol. The van der Waals surface area contributed by atoms with Crippen molar-refractivity contribution in [2.75, 3.05) is 7.11 Å². The molecule has 0 fully saturated rings. The Hall–Kier alpha value is -2.04. The van der Waals surface area contributed by atoms with E-state index in [-0.39, 0.29) is 5.91 Å². The lowest BCUT2D eigenvalue weighted by Gasteiger charge is -2.08. The van der Waals surface area contributed by atoms with Crippen LogP contribution in [0.2, 0.25) is 0 Å². The van der Waals surface area contributed by atoms with Crippen LogP contribution in [0.25, 0.3) is 6.08 Å². The summed E-state index contributed by atoms with van der Waals surface area (Å²) in [7, 11) is 1.27. The molecule has 0 saturated heterocycles. The minimum absolute atomic E-state index is 0.380. The fraction of sp³-hybridized carbons (Fsp3) is 0.273. The molecule has 1 aromatic rings. The maximum Gasteiger partial charge on any atom is 0.328 e. The lowest BCUT2D eigenvalue weighted by molar-refractivity contribution is -0.144. The van der Waals surface area contributed by atoms with Crippen LogP contribution in [0.3, 0.4) is 0 Å². The van der Waals surface area contributed by atoms with Crippen molar-refractivity contribution >= 4 is 18.0 Å². The van der Waals surface area contributed by atoms with Gasteiger partial charge in [-0.1, -0.05) is 0 Å². The van der Waals surface area contributed by atoms with Gasteiger partial charge in [0.15, 0.2) is 0 Å². The highest BCUT2D eigenvalue weighted by molar-refractivity contribution is 5.94. The van der Waals surface area contributed by atoms with Crippen LogP contribution in [0, 0.1) is 0 Å². The molecule has 1 amide bonds. The largest absolute Gasteiger partial charge is 0.467 e. The van der Waals surface area contributed by atoms with E-state index in [2.05, 4.69) is 10.1 Å². The Labute approximate surface area is 93.1 Å². The van der Waals surface area contributed by atoms with E-state index in [1.807, 2.05) is 0 Å². The number of ether oxygens (including phenoxy) is 1. The van der Waals surface area contributed by atoms with Gasteiger partial charge in [0.1, 0.15) is 11.8 Å². The number of esters is 1. The predicted molar refractivity (Wildman–Crippen MR) is 57.4 cm³/mol. The summed E-state index contributed by atoms with van der Waals surface area (Å²) in [6.45, 7) is 1.55. The molecule has 0 aliphatic carbocycles. The minimum Gasteiger partial charge on any atom is -0.467 e. The first-order chi connectivity index (χ1) is 7.63. The molecule has 1 rings (SSSR count). The summed E-state index contributed by atoms with van der Waals surface area (Å²) in [4.78, 5) is 22.3. The summed E-state index contributed by atoms with van der Waals surface area (Å²) in [5, 5.41) is 2.45. The van der Waals surface area contributed by atoms with Crippen LogP contribution in [0.1, 0.15) is 12.7 Å². The highest BCUT2D eigenvalue weighted by Crippen LogP contribution is 2.01. The fourth-order valence-corrected chi connectivity index (χ4v) is 1.04. The summed E-state index contributed by atoms with van der Waals surface area (Å²) in [6.07, 6.45) is 4.31. The summed E-state index contributed by atoms with van der Waals surface area (Å²) < 4.78 is 9.47. The molecular formula is C11H13NO4. The third-order valence-corrected chi connectivity index (χ3v) is 1.86. The molecule has 0 aliphatic heterocycles. The zero-order valence-corrected chi connectivity index (χ0v) is 9.10. The first-order valence-electron chi connectivity index (χ1n) is 4.73. The van der Waals surface area contributed by atoms with Crippen molar-refractivity contribution in [3.05, 3.63) is 30.2 Å². The van der Waals surface area contributed by atoms with E-state index in [1.165, 1.54) is 25.5 Å². The lowest BCUT2D eigenvalue weighted by Crippen LogP contribution is -2.38. The van der Waals surface area contributed by atoms with E-state index >= 15 is 0 Å². The maximum atomic E-state index is 11.3. The maximum absolute atomic E-state index is 11.3. The molecule has 86 valence electrons. The van der Waals surface area contributed by atoms with Crippen molar-refractivity contribution in [3.8, 4) is 0 Å². The van der Waals surface area contributed by atoms with E-state index in [1.54, 1.807) is 19.1 Å². The predicted octanol–water partition coefficient (Wildman–Crippen LogP) is 0.970. The van der Waals surface area contributed by atoms with Crippen LogP contribution in [0.4, 0.5) is 0 Å². The Kier molecular flexibility index (Phi) is 4.32. The van der Waals surface area contributed by atoms with E-state index in [9.17, 15) is 9.59 Å². The quantitative estimate of drug-likeness (QED) is 0.610. The fourth-order valence-electron chi connectivity index (χ4n) is 1.04. The van der Waals surface area contributed by atoms with Gasteiger partial charge in [0.25, 0.3) is 0 Å². The Morgan fingerprint density at radius 3 is 2.88 bits per heavy atom. The number of rotatable bonds is 4. The minimum atomic E-state index is -0.668. The average molecular weight is 223 g/mol. The summed E-state index contributed by atoms with van der Waals surface area (Å²) >= 11 is 0. The zero-order chi connectivity index (χ0) is 12.0. The first-order valence-corrected chi connectivity index (χ1v) is 4.73. The number of carbonyl (C=O) groups excluding carboxylic acids is 2.